The molecule has 0 unspecified atom stereocenters. The molecule has 0 radical (unpaired) electrons. The van der Waals surface area contributed by atoms with E-state index in [0.29, 0.717) is 6.04 Å². The first-order valence-electron chi connectivity index (χ1n) is 8.99. The highest BCUT2D eigenvalue weighted by Crippen LogP contribution is 2.18. The van der Waals surface area contributed by atoms with Crippen molar-refractivity contribution >= 4 is 5.96 Å². The Labute approximate surface area is 146 Å². The van der Waals surface area contributed by atoms with Crippen molar-refractivity contribution in [2.75, 3.05) is 33.8 Å². The fraction of sp³-hybridized carbons (Fsp3) is 0.632. The molecule has 1 saturated heterocycles. The highest BCUT2D eigenvalue weighted by atomic mass is 16.5. The number of aryl methyl sites for hydroxylation is 1. The molecule has 5 heteroatoms. The van der Waals surface area contributed by atoms with Crippen LogP contribution in [0.5, 0.6) is 5.75 Å². The lowest BCUT2D eigenvalue weighted by Gasteiger charge is -2.32. The summed E-state index contributed by atoms with van der Waals surface area (Å²) in [5.74, 6) is 1.82. The van der Waals surface area contributed by atoms with Crippen molar-refractivity contribution in [3.05, 3.63) is 29.3 Å². The molecule has 1 fully saturated rings. The number of aliphatic imine (C=N–C) groups is 1. The Morgan fingerprint density at radius 1 is 1.33 bits per heavy atom. The van der Waals surface area contributed by atoms with E-state index in [9.17, 15) is 0 Å². The predicted octanol–water partition coefficient (Wildman–Crippen LogP) is 2.54. The normalized spacial score (nSPS) is 16.9. The molecular formula is C19H32N4O. The number of hydrogen-bond donors (Lipinski definition) is 2. The van der Waals surface area contributed by atoms with Gasteiger partial charge in [0, 0.05) is 32.7 Å². The summed E-state index contributed by atoms with van der Waals surface area (Å²) in [6, 6.07) is 6.78. The molecule has 1 heterocycles. The Balaban J connectivity index is 1.80. The van der Waals surface area contributed by atoms with Gasteiger partial charge in [-0.25, -0.2) is 0 Å². The Morgan fingerprint density at radius 3 is 2.67 bits per heavy atom. The molecule has 134 valence electrons. The van der Waals surface area contributed by atoms with Crippen LogP contribution in [0.25, 0.3) is 0 Å². The summed E-state index contributed by atoms with van der Waals surface area (Å²) in [5.41, 5.74) is 2.39. The number of ether oxygens (including phenoxy) is 1. The van der Waals surface area contributed by atoms with E-state index in [1.54, 1.807) is 7.11 Å². The number of nitrogens with one attached hydrogen (secondary N) is 2. The van der Waals surface area contributed by atoms with E-state index in [0.717, 1.165) is 23.8 Å². The topological polar surface area (TPSA) is 48.9 Å². The Morgan fingerprint density at radius 2 is 2.08 bits per heavy atom. The average Bonchev–Trinajstić information content (AvgIpc) is 2.60. The molecule has 1 aliphatic heterocycles. The summed E-state index contributed by atoms with van der Waals surface area (Å²) in [7, 11) is 3.54. The van der Waals surface area contributed by atoms with Gasteiger partial charge in [0.15, 0.2) is 5.96 Å². The summed E-state index contributed by atoms with van der Waals surface area (Å²) < 4.78 is 5.31. The average molecular weight is 332 g/mol. The van der Waals surface area contributed by atoms with Crippen LogP contribution in [-0.4, -0.2) is 50.7 Å². The van der Waals surface area contributed by atoms with Crippen molar-refractivity contribution in [1.29, 1.82) is 0 Å². The zero-order valence-electron chi connectivity index (χ0n) is 15.6. The summed E-state index contributed by atoms with van der Waals surface area (Å²) in [6.45, 7) is 8.66. The molecule has 5 nitrogen and oxygen atoms in total. The van der Waals surface area contributed by atoms with E-state index in [1.165, 1.54) is 44.5 Å². The quantitative estimate of drug-likeness (QED) is 0.621. The third-order valence-electron chi connectivity index (χ3n) is 4.61. The number of likely N-dealkylation sites (tertiary alicyclic amines) is 1. The van der Waals surface area contributed by atoms with E-state index >= 15 is 0 Å². The smallest absolute Gasteiger partial charge is 0.191 e. The van der Waals surface area contributed by atoms with Gasteiger partial charge in [-0.05, 0) is 49.9 Å². The maximum absolute atomic E-state index is 5.31. The fourth-order valence-corrected chi connectivity index (χ4v) is 3.24. The zero-order valence-corrected chi connectivity index (χ0v) is 15.6. The van der Waals surface area contributed by atoms with Crippen LogP contribution in [0.1, 0.15) is 37.3 Å². The summed E-state index contributed by atoms with van der Waals surface area (Å²) in [6.07, 6.45) is 3.60. The summed E-state index contributed by atoms with van der Waals surface area (Å²) >= 11 is 0. The molecule has 0 saturated carbocycles. The number of nitrogens with zero attached hydrogens (tertiary/aromatic N) is 2. The third kappa shape index (κ3) is 5.41. The van der Waals surface area contributed by atoms with Gasteiger partial charge in [-0.3, -0.25) is 4.99 Å². The first-order chi connectivity index (χ1) is 11.7. The van der Waals surface area contributed by atoms with Crippen molar-refractivity contribution in [3.8, 4) is 5.75 Å². The Kier molecular flexibility index (Phi) is 7.37. The van der Waals surface area contributed by atoms with Crippen molar-refractivity contribution in [3.63, 3.8) is 0 Å². The van der Waals surface area contributed by atoms with Gasteiger partial charge in [-0.15, -0.1) is 0 Å². The predicted molar refractivity (Wildman–Crippen MR) is 101 cm³/mol. The molecule has 24 heavy (non-hydrogen) atoms. The van der Waals surface area contributed by atoms with E-state index in [2.05, 4.69) is 46.5 Å². The Bertz CT molecular complexity index is 536. The molecule has 2 N–H and O–H groups in total. The maximum atomic E-state index is 5.31. The number of hydrogen-bond acceptors (Lipinski definition) is 3. The second-order valence-electron chi connectivity index (χ2n) is 6.49. The van der Waals surface area contributed by atoms with Crippen LogP contribution in [0, 0.1) is 6.92 Å². The monoisotopic (exact) mass is 332 g/mol. The second-order valence-corrected chi connectivity index (χ2v) is 6.49. The van der Waals surface area contributed by atoms with Gasteiger partial charge in [-0.2, -0.15) is 0 Å². The third-order valence-corrected chi connectivity index (χ3v) is 4.61. The molecule has 0 aliphatic carbocycles. The van der Waals surface area contributed by atoms with Crippen LogP contribution in [0.2, 0.25) is 0 Å². The van der Waals surface area contributed by atoms with Crippen molar-refractivity contribution in [2.45, 2.75) is 45.7 Å². The van der Waals surface area contributed by atoms with Gasteiger partial charge in [0.25, 0.3) is 0 Å². The lowest BCUT2D eigenvalue weighted by Crippen LogP contribution is -2.48. The van der Waals surface area contributed by atoms with Gasteiger partial charge in [0.2, 0.25) is 0 Å². The van der Waals surface area contributed by atoms with Crippen LogP contribution in [0.4, 0.5) is 0 Å². The lowest BCUT2D eigenvalue weighted by atomic mass is 10.1. The minimum Gasteiger partial charge on any atom is -0.496 e. The number of methoxy groups -OCH3 is 1. The van der Waals surface area contributed by atoms with E-state index in [-0.39, 0.29) is 0 Å². The Hall–Kier alpha value is -1.75. The highest BCUT2D eigenvalue weighted by molar-refractivity contribution is 5.79. The van der Waals surface area contributed by atoms with E-state index in [1.807, 2.05) is 13.1 Å². The van der Waals surface area contributed by atoms with Crippen molar-refractivity contribution < 1.29 is 4.74 Å². The zero-order chi connectivity index (χ0) is 17.4. The molecule has 0 aromatic heterocycles. The summed E-state index contributed by atoms with van der Waals surface area (Å²) in [5, 5.41) is 6.98. The van der Waals surface area contributed by atoms with Crippen molar-refractivity contribution in [2.24, 2.45) is 4.99 Å². The van der Waals surface area contributed by atoms with Gasteiger partial charge >= 0.3 is 0 Å². The number of benzene rings is 1. The van der Waals surface area contributed by atoms with Crippen LogP contribution >= 0.6 is 0 Å². The molecule has 0 bridgehead atoms. The first kappa shape index (κ1) is 18.6. The first-order valence-corrected chi connectivity index (χ1v) is 8.99. The lowest BCUT2D eigenvalue weighted by molar-refractivity contribution is 0.206. The maximum Gasteiger partial charge on any atom is 0.191 e. The van der Waals surface area contributed by atoms with Crippen LogP contribution in [0.3, 0.4) is 0 Å². The van der Waals surface area contributed by atoms with Gasteiger partial charge in [0.05, 0.1) is 7.11 Å². The fourth-order valence-electron chi connectivity index (χ4n) is 3.24. The standard InChI is InChI=1S/C19H32N4O/c1-5-10-23-11-8-17(9-12-23)22-19(20-3)21-14-16-6-7-18(24-4)15(2)13-16/h6-7,13,17H,5,8-12,14H2,1-4H3,(H2,20,21,22). The number of rotatable bonds is 6. The molecule has 0 spiro atoms. The number of guanidine groups is 1. The molecule has 2 rings (SSSR count). The molecular weight excluding hydrogens is 300 g/mol. The van der Waals surface area contributed by atoms with Crippen LogP contribution < -0.4 is 15.4 Å². The minimum absolute atomic E-state index is 0.516. The van der Waals surface area contributed by atoms with Crippen LogP contribution in [-0.2, 0) is 6.54 Å². The highest BCUT2D eigenvalue weighted by Gasteiger charge is 2.19. The van der Waals surface area contributed by atoms with Gasteiger partial charge in [-0.1, -0.05) is 19.1 Å². The van der Waals surface area contributed by atoms with E-state index in [4.69, 9.17) is 4.74 Å². The molecule has 0 atom stereocenters. The van der Waals surface area contributed by atoms with Crippen molar-refractivity contribution in [1.82, 2.24) is 15.5 Å². The summed E-state index contributed by atoms with van der Waals surface area (Å²) in [4.78, 5) is 6.91. The molecule has 0 amide bonds. The second kappa shape index (κ2) is 9.52. The molecule has 1 aromatic carbocycles. The molecule has 1 aliphatic rings. The van der Waals surface area contributed by atoms with Crippen LogP contribution in [0.15, 0.2) is 23.2 Å². The SMILES string of the molecule is CCCN1CCC(NC(=NC)NCc2ccc(OC)c(C)c2)CC1. The largest absolute Gasteiger partial charge is 0.496 e. The van der Waals surface area contributed by atoms with E-state index < -0.39 is 0 Å². The number of piperidine rings is 1. The minimum atomic E-state index is 0.516. The van der Waals surface area contributed by atoms with Gasteiger partial charge < -0.3 is 20.3 Å². The van der Waals surface area contributed by atoms with Gasteiger partial charge in [0.1, 0.15) is 5.75 Å². The molecule has 1 aromatic rings.